The lowest BCUT2D eigenvalue weighted by atomic mass is 9.83. The van der Waals surface area contributed by atoms with Gasteiger partial charge in [-0.15, -0.1) is 0 Å². The first-order valence-corrected chi connectivity index (χ1v) is 28.1. The van der Waals surface area contributed by atoms with Gasteiger partial charge in [0, 0.05) is 36.9 Å². The minimum Gasteiger partial charge on any atom is -0.458 e. The van der Waals surface area contributed by atoms with E-state index in [1.165, 1.54) is 0 Å². The molecule has 334 valence electrons. The number of allylic oxidation sites excluding steroid dienone is 3. The SMILES string of the molecule is CO[C@@H](C)[C@@H](C)[C@@H]1OC(C)(C)O[C@@H](C/C=C/C[C@H](C)[C@@H]2C/C=C/C[C@@H](O[Si](C)(C)C(C)(C)C)[C@@H]3O[C@H]3[C@@H](O[Si](C)(C)C(C)(C)C)[C@H](C)/C=C(C)/C=C(\C)C(=O)O2)[C@H]1C. The van der Waals surface area contributed by atoms with E-state index in [1.54, 1.807) is 7.11 Å². The average molecular weight is 847 g/mol. The minimum atomic E-state index is -2.14. The molecule has 0 saturated carbocycles. The second kappa shape index (κ2) is 20.2. The molecular weight excluding hydrogens is 761 g/mol. The van der Waals surface area contributed by atoms with Crippen molar-refractivity contribution < 1.29 is 37.3 Å². The van der Waals surface area contributed by atoms with Gasteiger partial charge < -0.3 is 32.5 Å². The van der Waals surface area contributed by atoms with Crippen molar-refractivity contribution >= 4 is 22.6 Å². The number of ether oxygens (including phenoxy) is 5. The minimum absolute atomic E-state index is 0.0208. The van der Waals surface area contributed by atoms with Gasteiger partial charge in [0.05, 0.1) is 30.5 Å². The smallest absolute Gasteiger partial charge is 0.334 e. The first-order valence-electron chi connectivity index (χ1n) is 22.3. The van der Waals surface area contributed by atoms with Crippen LogP contribution in [-0.2, 0) is 37.3 Å². The highest BCUT2D eigenvalue weighted by atomic mass is 28.4. The molecule has 3 heterocycles. The highest BCUT2D eigenvalue weighted by Gasteiger charge is 2.55. The zero-order chi connectivity index (χ0) is 44.2. The Labute approximate surface area is 357 Å². The van der Waals surface area contributed by atoms with Crippen LogP contribution >= 0.6 is 0 Å². The lowest BCUT2D eigenvalue weighted by molar-refractivity contribution is -0.329. The highest BCUT2D eigenvalue weighted by molar-refractivity contribution is 6.74. The van der Waals surface area contributed by atoms with Crippen molar-refractivity contribution in [3.05, 3.63) is 47.6 Å². The number of epoxide rings is 1. The molecule has 8 nitrogen and oxygen atoms in total. The van der Waals surface area contributed by atoms with E-state index >= 15 is 0 Å². The predicted molar refractivity (Wildman–Crippen MR) is 244 cm³/mol. The Morgan fingerprint density at radius 1 is 0.879 bits per heavy atom. The average Bonchev–Trinajstić information content (AvgIpc) is 3.89. The number of carbonyl (C=O) groups excluding carboxylic acids is 1. The van der Waals surface area contributed by atoms with Crippen molar-refractivity contribution in [2.24, 2.45) is 23.7 Å². The molecule has 10 heteroatoms. The number of hydrogen-bond acceptors (Lipinski definition) is 8. The Morgan fingerprint density at radius 2 is 1.47 bits per heavy atom. The summed E-state index contributed by atoms with van der Waals surface area (Å²) in [5, 5.41) is 0.107. The highest BCUT2D eigenvalue weighted by Crippen LogP contribution is 2.46. The van der Waals surface area contributed by atoms with Crippen LogP contribution in [-0.4, -0.2) is 84.3 Å². The van der Waals surface area contributed by atoms with Gasteiger partial charge in [-0.25, -0.2) is 4.79 Å². The quantitative estimate of drug-likeness (QED) is 0.0831. The molecule has 0 aromatic rings. The molecule has 0 aliphatic carbocycles. The molecule has 12 atom stereocenters. The van der Waals surface area contributed by atoms with Crippen molar-refractivity contribution in [1.29, 1.82) is 0 Å². The fourth-order valence-corrected chi connectivity index (χ4v) is 10.4. The van der Waals surface area contributed by atoms with E-state index in [-0.39, 0.29) is 88.5 Å². The summed E-state index contributed by atoms with van der Waals surface area (Å²) in [6.07, 6.45) is 15.4. The number of methoxy groups -OCH3 is 1. The summed E-state index contributed by atoms with van der Waals surface area (Å²) >= 11 is 0. The van der Waals surface area contributed by atoms with Gasteiger partial charge in [-0.1, -0.05) is 105 Å². The van der Waals surface area contributed by atoms with Crippen LogP contribution < -0.4 is 0 Å². The van der Waals surface area contributed by atoms with E-state index in [2.05, 4.69) is 140 Å². The van der Waals surface area contributed by atoms with Crippen molar-refractivity contribution in [3.63, 3.8) is 0 Å². The molecule has 0 N–H and O–H groups in total. The Bertz CT molecular complexity index is 1470. The molecular formula is C48H86O8Si2. The van der Waals surface area contributed by atoms with Crippen molar-refractivity contribution in [2.45, 2.75) is 220 Å². The molecule has 0 aromatic carbocycles. The molecule has 3 aliphatic heterocycles. The molecule has 2 fully saturated rings. The number of hydrogen-bond donors (Lipinski definition) is 0. The summed E-state index contributed by atoms with van der Waals surface area (Å²) in [7, 11) is -2.52. The fourth-order valence-electron chi connectivity index (χ4n) is 7.71. The van der Waals surface area contributed by atoms with Crippen LogP contribution in [0.25, 0.3) is 0 Å². The van der Waals surface area contributed by atoms with E-state index in [9.17, 15) is 4.79 Å². The molecule has 0 radical (unpaired) electrons. The van der Waals surface area contributed by atoms with Gasteiger partial charge in [-0.2, -0.15) is 0 Å². The molecule has 0 bridgehead atoms. The summed E-state index contributed by atoms with van der Waals surface area (Å²) in [5.41, 5.74) is 1.60. The second-order valence-corrected chi connectivity index (χ2v) is 31.0. The van der Waals surface area contributed by atoms with Gasteiger partial charge in [-0.05, 0) is 102 Å². The van der Waals surface area contributed by atoms with Gasteiger partial charge in [0.25, 0.3) is 0 Å². The number of cyclic esters (lactones) is 1. The molecule has 0 unspecified atom stereocenters. The monoisotopic (exact) mass is 847 g/mol. The van der Waals surface area contributed by atoms with Gasteiger partial charge in [-0.3, -0.25) is 0 Å². The zero-order valence-corrected chi connectivity index (χ0v) is 42.5. The molecule has 3 aliphatic rings. The normalized spacial score (nSPS) is 34.8. The summed E-state index contributed by atoms with van der Waals surface area (Å²) < 4.78 is 45.8. The van der Waals surface area contributed by atoms with Crippen LogP contribution in [0, 0.1) is 23.7 Å². The van der Waals surface area contributed by atoms with Crippen molar-refractivity contribution in [2.75, 3.05) is 7.11 Å². The number of rotatable bonds is 12. The summed E-state index contributed by atoms with van der Waals surface area (Å²) in [5.74, 6) is -0.369. The summed E-state index contributed by atoms with van der Waals surface area (Å²) in [6.45, 7) is 41.8. The molecule has 3 rings (SSSR count). The number of esters is 1. The van der Waals surface area contributed by atoms with Gasteiger partial charge >= 0.3 is 5.97 Å². The molecule has 0 amide bonds. The van der Waals surface area contributed by atoms with Gasteiger partial charge in [0.15, 0.2) is 22.4 Å². The van der Waals surface area contributed by atoms with Crippen LogP contribution in [0.2, 0.25) is 36.3 Å². The van der Waals surface area contributed by atoms with Crippen molar-refractivity contribution in [1.82, 2.24) is 0 Å². The molecule has 0 aromatic heterocycles. The third kappa shape index (κ3) is 13.8. The first kappa shape index (κ1) is 51.0. The van der Waals surface area contributed by atoms with E-state index < -0.39 is 22.4 Å². The number of carbonyl (C=O) groups is 1. The fraction of sp³-hybridized carbons (Fsp3) is 0.812. The van der Waals surface area contributed by atoms with E-state index in [4.69, 9.17) is 32.5 Å². The maximum atomic E-state index is 13.7. The van der Waals surface area contributed by atoms with Crippen LogP contribution in [0.1, 0.15) is 130 Å². The Kier molecular flexibility index (Phi) is 17.8. The summed E-state index contributed by atoms with van der Waals surface area (Å²) in [4.78, 5) is 13.7. The molecule has 58 heavy (non-hydrogen) atoms. The third-order valence-corrected chi connectivity index (χ3v) is 23.0. The summed E-state index contributed by atoms with van der Waals surface area (Å²) in [6, 6.07) is 0. The Balaban J connectivity index is 1.89. The standard InChI is InChI=1S/C48H86O8Si2/c1-31-29-33(3)41(56-58(19,20)47(11,12)13)44-43(52-44)40(55-57(17,18)46(8,9)10)28-24-23-26-38(51-45(49)34(4)30-31)32(2)25-21-22-27-39-36(6)42(35(5)37(7)50-16)54-48(14,15)53-39/h21-24,29-30,32-33,35-44H,25-28H2,1-20H3/b22-21+,24-23+,31-29+,34-30+/t32-,33+,35+,36+,37-,38-,39-,40+,41-,42-,43-,44-/m0/s1. The maximum absolute atomic E-state index is 13.7. The topological polar surface area (TPSA) is 85.0 Å². The maximum Gasteiger partial charge on any atom is 0.334 e. The predicted octanol–water partition coefficient (Wildman–Crippen LogP) is 12.1. The molecule has 2 saturated heterocycles. The first-order chi connectivity index (χ1) is 26.5. The van der Waals surface area contributed by atoms with Crippen LogP contribution in [0.15, 0.2) is 47.6 Å². The van der Waals surface area contributed by atoms with Gasteiger partial charge in [0.2, 0.25) is 0 Å². The van der Waals surface area contributed by atoms with E-state index in [0.717, 1.165) is 24.8 Å². The van der Waals surface area contributed by atoms with Crippen LogP contribution in [0.4, 0.5) is 0 Å². The second-order valence-electron chi connectivity index (χ2n) is 21.5. The van der Waals surface area contributed by atoms with Crippen molar-refractivity contribution in [3.8, 4) is 0 Å². The zero-order valence-electron chi connectivity index (χ0n) is 40.5. The Hall–Kier alpha value is -1.38. The lowest BCUT2D eigenvalue weighted by Crippen LogP contribution is -2.53. The largest absolute Gasteiger partial charge is 0.458 e. The van der Waals surface area contributed by atoms with Crippen LogP contribution in [0.5, 0.6) is 0 Å². The number of fused-ring (bicyclic) bond motifs is 1. The van der Waals surface area contributed by atoms with E-state index in [0.29, 0.717) is 12.0 Å². The van der Waals surface area contributed by atoms with Crippen LogP contribution in [0.3, 0.4) is 0 Å². The Morgan fingerprint density at radius 3 is 2.05 bits per heavy atom. The molecule has 0 spiro atoms. The van der Waals surface area contributed by atoms with Gasteiger partial charge in [0.1, 0.15) is 18.3 Å². The third-order valence-electron chi connectivity index (χ3n) is 14.0. The lowest BCUT2D eigenvalue weighted by Gasteiger charge is -2.47. The van der Waals surface area contributed by atoms with E-state index in [1.807, 2.05) is 26.8 Å².